The first-order valence-electron chi connectivity index (χ1n) is 7.06. The molecular weight excluding hydrogens is 198 g/mol. The van der Waals surface area contributed by atoms with Gasteiger partial charge in [-0.2, -0.15) is 0 Å². The molecule has 0 heterocycles. The van der Waals surface area contributed by atoms with Gasteiger partial charge in [0.05, 0.1) is 6.10 Å². The molecule has 0 aliphatic heterocycles. The number of rotatable bonds is 4. The highest BCUT2D eigenvalue weighted by Gasteiger charge is 2.46. The fourth-order valence-electron chi connectivity index (χ4n) is 3.73. The van der Waals surface area contributed by atoms with Gasteiger partial charge in [0, 0.05) is 12.1 Å². The van der Waals surface area contributed by atoms with Crippen molar-refractivity contribution in [1.29, 1.82) is 0 Å². The number of hydrogen-bond acceptors (Lipinski definition) is 2. The monoisotopic (exact) mass is 225 g/mol. The Morgan fingerprint density at radius 1 is 1.19 bits per heavy atom. The molecule has 2 N–H and O–H groups in total. The van der Waals surface area contributed by atoms with Gasteiger partial charge >= 0.3 is 0 Å². The lowest BCUT2D eigenvalue weighted by molar-refractivity contribution is 0.0140. The second-order valence-electron chi connectivity index (χ2n) is 6.17. The van der Waals surface area contributed by atoms with Crippen LogP contribution in [0.1, 0.15) is 65.2 Å². The summed E-state index contributed by atoms with van der Waals surface area (Å²) in [5.41, 5.74) is 0.644. The van der Waals surface area contributed by atoms with Crippen LogP contribution in [0.5, 0.6) is 0 Å². The zero-order valence-electron chi connectivity index (χ0n) is 10.8. The maximum absolute atomic E-state index is 9.39. The summed E-state index contributed by atoms with van der Waals surface area (Å²) in [5.74, 6) is 0. The highest BCUT2D eigenvalue weighted by molar-refractivity contribution is 5.02. The summed E-state index contributed by atoms with van der Waals surface area (Å²) in [5, 5.41) is 13.1. The lowest BCUT2D eigenvalue weighted by Crippen LogP contribution is -2.56. The highest BCUT2D eigenvalue weighted by atomic mass is 16.3. The molecule has 2 heteroatoms. The van der Waals surface area contributed by atoms with Crippen LogP contribution in [0.3, 0.4) is 0 Å². The van der Waals surface area contributed by atoms with Crippen LogP contribution in [0.15, 0.2) is 0 Å². The fraction of sp³-hybridized carbons (Fsp3) is 1.00. The standard InChI is InChI=1S/C14H27NO/c1-11(10-12(2)16)15-13-6-9-14(13)7-4-3-5-8-14/h11-13,15-16H,3-10H2,1-2H3. The molecule has 0 saturated heterocycles. The Morgan fingerprint density at radius 2 is 1.88 bits per heavy atom. The van der Waals surface area contributed by atoms with E-state index in [0.717, 1.165) is 12.5 Å². The molecule has 16 heavy (non-hydrogen) atoms. The maximum Gasteiger partial charge on any atom is 0.0526 e. The second-order valence-corrected chi connectivity index (χ2v) is 6.17. The molecule has 1 spiro atoms. The van der Waals surface area contributed by atoms with Gasteiger partial charge in [-0.3, -0.25) is 0 Å². The molecule has 0 radical (unpaired) electrons. The van der Waals surface area contributed by atoms with E-state index in [2.05, 4.69) is 12.2 Å². The molecule has 0 aromatic carbocycles. The first-order chi connectivity index (χ1) is 7.62. The molecule has 2 nitrogen and oxygen atoms in total. The Labute approximate surface area is 99.8 Å². The van der Waals surface area contributed by atoms with Crippen molar-refractivity contribution < 1.29 is 5.11 Å². The normalized spacial score (nSPS) is 32.1. The van der Waals surface area contributed by atoms with E-state index in [-0.39, 0.29) is 6.10 Å². The molecule has 0 amide bonds. The lowest BCUT2D eigenvalue weighted by Gasteiger charge is -2.53. The quantitative estimate of drug-likeness (QED) is 0.771. The number of hydrogen-bond donors (Lipinski definition) is 2. The Morgan fingerprint density at radius 3 is 2.38 bits per heavy atom. The van der Waals surface area contributed by atoms with Gasteiger partial charge in [0.15, 0.2) is 0 Å². The summed E-state index contributed by atoms with van der Waals surface area (Å²) in [4.78, 5) is 0. The maximum atomic E-state index is 9.39. The second kappa shape index (κ2) is 5.05. The van der Waals surface area contributed by atoms with Crippen molar-refractivity contribution in [1.82, 2.24) is 5.32 Å². The van der Waals surface area contributed by atoms with Crippen molar-refractivity contribution in [3.05, 3.63) is 0 Å². The van der Waals surface area contributed by atoms with E-state index in [4.69, 9.17) is 0 Å². The molecule has 2 rings (SSSR count). The van der Waals surface area contributed by atoms with E-state index in [1.54, 1.807) is 0 Å². The summed E-state index contributed by atoms with van der Waals surface area (Å²) in [6.45, 7) is 4.09. The smallest absolute Gasteiger partial charge is 0.0526 e. The third-order valence-corrected chi connectivity index (χ3v) is 4.70. The predicted molar refractivity (Wildman–Crippen MR) is 67.4 cm³/mol. The average Bonchev–Trinajstić information content (AvgIpc) is 2.25. The summed E-state index contributed by atoms with van der Waals surface area (Å²) in [6.07, 6.45) is 10.7. The van der Waals surface area contributed by atoms with Crippen LogP contribution in [0, 0.1) is 5.41 Å². The molecule has 2 saturated carbocycles. The van der Waals surface area contributed by atoms with Crippen LogP contribution in [-0.4, -0.2) is 23.3 Å². The first kappa shape index (κ1) is 12.4. The topological polar surface area (TPSA) is 32.3 Å². The van der Waals surface area contributed by atoms with Crippen LogP contribution in [0.25, 0.3) is 0 Å². The third kappa shape index (κ3) is 2.60. The minimum Gasteiger partial charge on any atom is -0.393 e. The zero-order valence-corrected chi connectivity index (χ0v) is 10.8. The average molecular weight is 225 g/mol. The van der Waals surface area contributed by atoms with Crippen LogP contribution < -0.4 is 5.32 Å². The van der Waals surface area contributed by atoms with Crippen molar-refractivity contribution in [3.63, 3.8) is 0 Å². The van der Waals surface area contributed by atoms with Crippen LogP contribution in [0.4, 0.5) is 0 Å². The largest absolute Gasteiger partial charge is 0.393 e. The molecule has 3 unspecified atom stereocenters. The molecular formula is C14H27NO. The predicted octanol–water partition coefficient (Wildman–Crippen LogP) is 2.85. The van der Waals surface area contributed by atoms with E-state index in [1.807, 2.05) is 6.92 Å². The Bertz CT molecular complexity index is 221. The summed E-state index contributed by atoms with van der Waals surface area (Å²) >= 11 is 0. The molecule has 94 valence electrons. The number of aliphatic hydroxyl groups excluding tert-OH is 1. The van der Waals surface area contributed by atoms with Crippen LogP contribution in [0.2, 0.25) is 0 Å². The molecule has 0 aromatic rings. The Kier molecular flexibility index (Phi) is 3.91. The molecule has 3 atom stereocenters. The summed E-state index contributed by atoms with van der Waals surface area (Å²) in [7, 11) is 0. The van der Waals surface area contributed by atoms with Crippen molar-refractivity contribution in [3.8, 4) is 0 Å². The molecule has 0 aromatic heterocycles. The zero-order chi connectivity index (χ0) is 11.6. The van der Waals surface area contributed by atoms with Crippen LogP contribution >= 0.6 is 0 Å². The molecule has 2 fully saturated rings. The van der Waals surface area contributed by atoms with E-state index in [0.29, 0.717) is 11.5 Å². The van der Waals surface area contributed by atoms with E-state index in [9.17, 15) is 5.11 Å². The van der Waals surface area contributed by atoms with E-state index in [1.165, 1.54) is 44.9 Å². The van der Waals surface area contributed by atoms with Gasteiger partial charge < -0.3 is 10.4 Å². The van der Waals surface area contributed by atoms with Gasteiger partial charge in [-0.05, 0) is 51.4 Å². The van der Waals surface area contributed by atoms with Gasteiger partial charge in [0.25, 0.3) is 0 Å². The van der Waals surface area contributed by atoms with Gasteiger partial charge in [-0.15, -0.1) is 0 Å². The minimum absolute atomic E-state index is 0.176. The highest BCUT2D eigenvalue weighted by Crippen LogP contribution is 2.51. The van der Waals surface area contributed by atoms with E-state index < -0.39 is 0 Å². The SMILES string of the molecule is CC(O)CC(C)NC1CCC12CCCCC2. The van der Waals surface area contributed by atoms with E-state index >= 15 is 0 Å². The van der Waals surface area contributed by atoms with Gasteiger partial charge in [0.2, 0.25) is 0 Å². The summed E-state index contributed by atoms with van der Waals surface area (Å²) < 4.78 is 0. The molecule has 2 aliphatic rings. The fourth-order valence-corrected chi connectivity index (χ4v) is 3.73. The Balaban J connectivity index is 1.81. The van der Waals surface area contributed by atoms with Crippen molar-refractivity contribution in [2.45, 2.75) is 83.4 Å². The number of aliphatic hydroxyl groups is 1. The minimum atomic E-state index is -0.176. The third-order valence-electron chi connectivity index (χ3n) is 4.70. The van der Waals surface area contributed by atoms with Gasteiger partial charge in [-0.25, -0.2) is 0 Å². The first-order valence-corrected chi connectivity index (χ1v) is 7.06. The van der Waals surface area contributed by atoms with Gasteiger partial charge in [0.1, 0.15) is 0 Å². The van der Waals surface area contributed by atoms with Crippen molar-refractivity contribution >= 4 is 0 Å². The van der Waals surface area contributed by atoms with Crippen LogP contribution in [-0.2, 0) is 0 Å². The van der Waals surface area contributed by atoms with Crippen molar-refractivity contribution in [2.75, 3.05) is 0 Å². The van der Waals surface area contributed by atoms with Crippen molar-refractivity contribution in [2.24, 2.45) is 5.41 Å². The number of nitrogens with one attached hydrogen (secondary N) is 1. The van der Waals surface area contributed by atoms with Gasteiger partial charge in [-0.1, -0.05) is 19.3 Å². The lowest BCUT2D eigenvalue weighted by atomic mass is 9.57. The molecule has 0 bridgehead atoms. The Hall–Kier alpha value is -0.0800. The molecule has 2 aliphatic carbocycles. The summed E-state index contributed by atoms with van der Waals surface area (Å²) in [6, 6.07) is 1.20.